The van der Waals surface area contributed by atoms with E-state index in [0.717, 1.165) is 0 Å². The quantitative estimate of drug-likeness (QED) is 0.804. The van der Waals surface area contributed by atoms with Crippen LogP contribution in [0.25, 0.3) is 0 Å². The summed E-state index contributed by atoms with van der Waals surface area (Å²) in [6.45, 7) is 1.55. The van der Waals surface area contributed by atoms with Crippen LogP contribution < -0.4 is 0 Å². The molecule has 1 unspecified atom stereocenters. The Labute approximate surface area is 108 Å². The molecular formula is C10H9BrClNO2S. The summed E-state index contributed by atoms with van der Waals surface area (Å²) in [6, 6.07) is 6.27. The Kier molecular flexibility index (Phi) is 4.36. The molecule has 0 heterocycles. The van der Waals surface area contributed by atoms with Crippen molar-refractivity contribution in [2.45, 2.75) is 17.1 Å². The number of benzene rings is 1. The van der Waals surface area contributed by atoms with Crippen LogP contribution in [0, 0.1) is 11.3 Å². The van der Waals surface area contributed by atoms with Gasteiger partial charge in [-0.3, -0.25) is 0 Å². The molecule has 0 aliphatic heterocycles. The maximum absolute atomic E-state index is 11.9. The fourth-order valence-electron chi connectivity index (χ4n) is 1.08. The van der Waals surface area contributed by atoms with Crippen molar-refractivity contribution < 1.29 is 8.42 Å². The van der Waals surface area contributed by atoms with Crippen LogP contribution in [-0.2, 0) is 9.84 Å². The second-order valence-electron chi connectivity index (χ2n) is 3.26. The van der Waals surface area contributed by atoms with E-state index >= 15 is 0 Å². The number of hydrogen-bond donors (Lipinski definition) is 0. The molecule has 6 heteroatoms. The predicted molar refractivity (Wildman–Crippen MR) is 66.2 cm³/mol. The van der Waals surface area contributed by atoms with Gasteiger partial charge in [-0.2, -0.15) is 5.26 Å². The maximum Gasteiger partial charge on any atom is 0.182 e. The van der Waals surface area contributed by atoms with Gasteiger partial charge >= 0.3 is 0 Å². The molecule has 1 atom stereocenters. The minimum Gasteiger partial charge on any atom is -0.223 e. The van der Waals surface area contributed by atoms with Crippen molar-refractivity contribution in [1.82, 2.24) is 0 Å². The molecular weight excluding hydrogens is 314 g/mol. The van der Waals surface area contributed by atoms with Crippen molar-refractivity contribution in [2.75, 3.05) is 5.88 Å². The molecule has 1 rings (SSSR count). The third-order valence-corrected chi connectivity index (χ3v) is 5.58. The molecule has 0 fully saturated rings. The first kappa shape index (κ1) is 13.5. The van der Waals surface area contributed by atoms with Crippen molar-refractivity contribution in [3.05, 3.63) is 28.2 Å². The first-order valence-electron chi connectivity index (χ1n) is 4.43. The van der Waals surface area contributed by atoms with Crippen molar-refractivity contribution in [3.8, 4) is 6.07 Å². The number of rotatable bonds is 3. The van der Waals surface area contributed by atoms with Crippen molar-refractivity contribution in [3.63, 3.8) is 0 Å². The topological polar surface area (TPSA) is 57.9 Å². The molecule has 0 saturated heterocycles. The molecule has 0 aliphatic rings. The zero-order valence-electron chi connectivity index (χ0n) is 8.44. The Bertz CT molecular complexity index is 536. The lowest BCUT2D eigenvalue weighted by molar-refractivity contribution is 0.588. The average molecular weight is 323 g/mol. The van der Waals surface area contributed by atoms with Gasteiger partial charge in [0, 0.05) is 10.4 Å². The van der Waals surface area contributed by atoms with Crippen LogP contribution in [0.4, 0.5) is 0 Å². The molecule has 0 saturated carbocycles. The van der Waals surface area contributed by atoms with Gasteiger partial charge in [0.15, 0.2) is 9.84 Å². The molecule has 0 N–H and O–H groups in total. The summed E-state index contributed by atoms with van der Waals surface area (Å²) in [4.78, 5) is 0.173. The van der Waals surface area contributed by atoms with Crippen LogP contribution >= 0.6 is 27.5 Å². The second-order valence-corrected chi connectivity index (χ2v) is 6.79. The minimum atomic E-state index is -3.41. The largest absolute Gasteiger partial charge is 0.223 e. The van der Waals surface area contributed by atoms with Crippen LogP contribution in [0.15, 0.2) is 27.6 Å². The zero-order valence-corrected chi connectivity index (χ0v) is 11.6. The van der Waals surface area contributed by atoms with E-state index in [1.165, 1.54) is 18.2 Å². The zero-order chi connectivity index (χ0) is 12.3. The van der Waals surface area contributed by atoms with Gasteiger partial charge in [-0.1, -0.05) is 0 Å². The van der Waals surface area contributed by atoms with Gasteiger partial charge in [0.2, 0.25) is 0 Å². The number of nitriles is 1. The summed E-state index contributed by atoms with van der Waals surface area (Å²) < 4.78 is 24.3. The molecule has 86 valence electrons. The van der Waals surface area contributed by atoms with Crippen LogP contribution in [0.1, 0.15) is 12.5 Å². The highest BCUT2D eigenvalue weighted by molar-refractivity contribution is 9.10. The predicted octanol–water partition coefficient (Wildman–Crippen LogP) is 2.72. The fraction of sp³-hybridized carbons (Fsp3) is 0.300. The molecule has 0 spiro atoms. The van der Waals surface area contributed by atoms with Crippen molar-refractivity contribution in [2.24, 2.45) is 0 Å². The van der Waals surface area contributed by atoms with Gasteiger partial charge in [-0.25, -0.2) is 8.42 Å². The third kappa shape index (κ3) is 2.57. The van der Waals surface area contributed by atoms with E-state index in [1.807, 2.05) is 6.07 Å². The third-order valence-electron chi connectivity index (χ3n) is 2.14. The number of halogens is 2. The Morgan fingerprint density at radius 2 is 2.19 bits per heavy atom. The number of sulfone groups is 1. The highest BCUT2D eigenvalue weighted by Gasteiger charge is 2.22. The minimum absolute atomic E-state index is 0.0416. The second kappa shape index (κ2) is 5.17. The lowest BCUT2D eigenvalue weighted by Gasteiger charge is -2.10. The first-order chi connectivity index (χ1) is 7.43. The van der Waals surface area contributed by atoms with Crippen LogP contribution in [0.3, 0.4) is 0 Å². The molecule has 0 aliphatic carbocycles. The van der Waals surface area contributed by atoms with E-state index in [9.17, 15) is 8.42 Å². The Hall–Kier alpha value is -0.570. The summed E-state index contributed by atoms with van der Waals surface area (Å²) >= 11 is 8.69. The summed E-state index contributed by atoms with van der Waals surface area (Å²) in [5.41, 5.74) is 0.400. The van der Waals surface area contributed by atoms with Gasteiger partial charge in [0.25, 0.3) is 0 Å². The van der Waals surface area contributed by atoms with E-state index in [4.69, 9.17) is 16.9 Å². The summed E-state index contributed by atoms with van der Waals surface area (Å²) in [6.07, 6.45) is 0. The van der Waals surface area contributed by atoms with E-state index in [2.05, 4.69) is 15.9 Å². The van der Waals surface area contributed by atoms with Gasteiger partial charge in [0.1, 0.15) is 6.07 Å². The van der Waals surface area contributed by atoms with E-state index in [1.54, 1.807) is 6.92 Å². The van der Waals surface area contributed by atoms with Crippen LogP contribution in [0.2, 0.25) is 0 Å². The number of nitrogens with zero attached hydrogens (tertiary/aromatic N) is 1. The molecule has 1 aromatic carbocycles. The summed E-state index contributed by atoms with van der Waals surface area (Å²) in [7, 11) is -3.41. The molecule has 0 aromatic heterocycles. The monoisotopic (exact) mass is 321 g/mol. The lowest BCUT2D eigenvalue weighted by Crippen LogP contribution is -2.19. The molecule has 0 amide bonds. The van der Waals surface area contributed by atoms with E-state index in [0.29, 0.717) is 10.0 Å². The summed E-state index contributed by atoms with van der Waals surface area (Å²) in [5, 5.41) is 8.07. The summed E-state index contributed by atoms with van der Waals surface area (Å²) in [5.74, 6) is 0.0416. The lowest BCUT2D eigenvalue weighted by atomic mass is 10.2. The molecule has 16 heavy (non-hydrogen) atoms. The highest BCUT2D eigenvalue weighted by atomic mass is 79.9. The van der Waals surface area contributed by atoms with Gasteiger partial charge in [-0.05, 0) is 41.1 Å². The van der Waals surface area contributed by atoms with Gasteiger partial charge in [0.05, 0.1) is 15.7 Å². The van der Waals surface area contributed by atoms with E-state index in [-0.39, 0.29) is 10.8 Å². The fourth-order valence-corrected chi connectivity index (χ4v) is 3.37. The molecule has 0 bridgehead atoms. The van der Waals surface area contributed by atoms with Crippen LogP contribution in [-0.4, -0.2) is 19.5 Å². The first-order valence-corrected chi connectivity index (χ1v) is 7.30. The highest BCUT2D eigenvalue weighted by Crippen LogP contribution is 2.23. The number of hydrogen-bond acceptors (Lipinski definition) is 3. The molecule has 0 radical (unpaired) electrons. The smallest absolute Gasteiger partial charge is 0.182 e. The Morgan fingerprint density at radius 1 is 1.56 bits per heavy atom. The SMILES string of the molecule is CC(CCl)S(=O)(=O)c1ccc(C#N)c(Br)c1. The van der Waals surface area contributed by atoms with Crippen LogP contribution in [0.5, 0.6) is 0 Å². The molecule has 1 aromatic rings. The Balaban J connectivity index is 3.27. The molecule has 3 nitrogen and oxygen atoms in total. The van der Waals surface area contributed by atoms with Gasteiger partial charge < -0.3 is 0 Å². The maximum atomic E-state index is 11.9. The number of alkyl halides is 1. The normalized spacial score (nSPS) is 13.1. The average Bonchev–Trinajstić information content (AvgIpc) is 2.27. The van der Waals surface area contributed by atoms with Crippen molar-refractivity contribution in [1.29, 1.82) is 5.26 Å². The Morgan fingerprint density at radius 3 is 2.62 bits per heavy atom. The van der Waals surface area contributed by atoms with Gasteiger partial charge in [-0.15, -0.1) is 11.6 Å². The van der Waals surface area contributed by atoms with Crippen molar-refractivity contribution >= 4 is 37.4 Å². The standard InChI is InChI=1S/C10H9BrClNO2S/c1-7(5-12)16(14,15)9-3-2-8(6-13)10(11)4-9/h2-4,7H,5H2,1H3. The van der Waals surface area contributed by atoms with E-state index < -0.39 is 15.1 Å².